The first-order valence-corrected chi connectivity index (χ1v) is 6.38. The first kappa shape index (κ1) is 9.13. The zero-order valence-electron chi connectivity index (χ0n) is 7.91. The second-order valence-electron chi connectivity index (χ2n) is 3.56. The Morgan fingerprint density at radius 3 is 2.77 bits per heavy atom. The molecule has 13 heavy (non-hydrogen) atoms. The van der Waals surface area contributed by atoms with Gasteiger partial charge in [-0.1, -0.05) is 0 Å². The van der Waals surface area contributed by atoms with Gasteiger partial charge in [-0.3, -0.25) is 4.79 Å². The van der Waals surface area contributed by atoms with Crippen molar-refractivity contribution in [3.63, 3.8) is 0 Å². The fraction of sp³-hybridized carbons (Fsp3) is 0.700. The molecule has 1 unspecified atom stereocenters. The highest BCUT2D eigenvalue weighted by atomic mass is 32.2. The third-order valence-corrected chi connectivity index (χ3v) is 5.54. The Kier molecular flexibility index (Phi) is 2.63. The van der Waals surface area contributed by atoms with Gasteiger partial charge in [-0.05, 0) is 23.7 Å². The Bertz CT molecular complexity index is 241. The highest BCUT2D eigenvalue weighted by molar-refractivity contribution is 7.97. The average Bonchev–Trinajstić information content (AvgIpc) is 2.71. The van der Waals surface area contributed by atoms with E-state index in [0.717, 1.165) is 5.76 Å². The fourth-order valence-electron chi connectivity index (χ4n) is 2.03. The molecule has 0 aromatic rings. The smallest absolute Gasteiger partial charge is 0.181 e. The highest BCUT2D eigenvalue weighted by Crippen LogP contribution is 2.30. The van der Waals surface area contributed by atoms with Crippen molar-refractivity contribution in [1.29, 1.82) is 0 Å². The van der Waals surface area contributed by atoms with Gasteiger partial charge in [0.1, 0.15) is 11.5 Å². The van der Waals surface area contributed by atoms with Crippen LogP contribution in [-0.2, 0) is 20.4 Å². The molecule has 0 aromatic heterocycles. The molecule has 1 heterocycles. The number of ether oxygens (including phenoxy) is 1. The molecule has 0 spiro atoms. The number of hydrogen-bond donors (Lipinski definition) is 0. The summed E-state index contributed by atoms with van der Waals surface area (Å²) in [6.07, 6.45) is 5.07. The quantitative estimate of drug-likeness (QED) is 0.626. The standard InChI is InChI=1S/C10H15O2S/c1-12-9-6-8(11)7-10(9)13-4-2-3-5-13/h6,10H,2-5,7H2,1H3/q+1. The van der Waals surface area contributed by atoms with Crippen LogP contribution in [0.1, 0.15) is 19.3 Å². The van der Waals surface area contributed by atoms with E-state index in [1.807, 2.05) is 0 Å². The van der Waals surface area contributed by atoms with E-state index in [-0.39, 0.29) is 5.78 Å². The minimum Gasteiger partial charge on any atom is -0.496 e. The van der Waals surface area contributed by atoms with Gasteiger partial charge in [0.15, 0.2) is 16.8 Å². The number of carbonyl (C=O) groups is 1. The summed E-state index contributed by atoms with van der Waals surface area (Å²) in [5, 5.41) is 0.431. The first-order valence-electron chi connectivity index (χ1n) is 4.76. The molecule has 2 aliphatic rings. The molecule has 2 rings (SSSR count). The van der Waals surface area contributed by atoms with Crippen LogP contribution in [0.15, 0.2) is 11.8 Å². The highest BCUT2D eigenvalue weighted by Gasteiger charge is 2.41. The molecule has 1 fully saturated rings. The van der Waals surface area contributed by atoms with Gasteiger partial charge in [0.05, 0.1) is 13.5 Å². The van der Waals surface area contributed by atoms with Gasteiger partial charge in [0, 0.05) is 6.08 Å². The molecular weight excluding hydrogens is 184 g/mol. The maximum atomic E-state index is 11.2. The lowest BCUT2D eigenvalue weighted by Gasteiger charge is -2.11. The van der Waals surface area contributed by atoms with Gasteiger partial charge in [-0.2, -0.15) is 0 Å². The predicted octanol–water partition coefficient (Wildman–Crippen LogP) is 1.27. The summed E-state index contributed by atoms with van der Waals surface area (Å²) in [6, 6.07) is 0. The van der Waals surface area contributed by atoms with Gasteiger partial charge in [-0.25, -0.2) is 0 Å². The second kappa shape index (κ2) is 3.74. The van der Waals surface area contributed by atoms with Crippen LogP contribution in [0.3, 0.4) is 0 Å². The summed E-state index contributed by atoms with van der Waals surface area (Å²) < 4.78 is 5.25. The number of allylic oxidation sites excluding steroid dienone is 1. The van der Waals surface area contributed by atoms with E-state index in [1.54, 1.807) is 13.2 Å². The van der Waals surface area contributed by atoms with E-state index in [2.05, 4.69) is 0 Å². The summed E-state index contributed by atoms with van der Waals surface area (Å²) >= 11 is 0. The summed E-state index contributed by atoms with van der Waals surface area (Å²) in [5.74, 6) is 3.80. The summed E-state index contributed by atoms with van der Waals surface area (Å²) in [5.41, 5.74) is 0. The molecule has 0 radical (unpaired) electrons. The van der Waals surface area contributed by atoms with Crippen molar-refractivity contribution in [2.75, 3.05) is 18.6 Å². The zero-order valence-corrected chi connectivity index (χ0v) is 8.73. The SMILES string of the molecule is COC1=CC(=O)CC1[S+]1CCCC1. The van der Waals surface area contributed by atoms with Crippen molar-refractivity contribution < 1.29 is 9.53 Å². The Labute approximate surface area is 81.7 Å². The van der Waals surface area contributed by atoms with E-state index in [1.165, 1.54) is 24.3 Å². The number of carbonyl (C=O) groups excluding carboxylic acids is 1. The topological polar surface area (TPSA) is 26.3 Å². The largest absolute Gasteiger partial charge is 0.496 e. The molecule has 1 aliphatic carbocycles. The van der Waals surface area contributed by atoms with E-state index < -0.39 is 0 Å². The lowest BCUT2D eigenvalue weighted by atomic mass is 10.3. The van der Waals surface area contributed by atoms with Crippen LogP contribution in [0.5, 0.6) is 0 Å². The van der Waals surface area contributed by atoms with Crippen LogP contribution in [0.2, 0.25) is 0 Å². The summed E-state index contributed by atoms with van der Waals surface area (Å²) in [7, 11) is 2.11. The third kappa shape index (κ3) is 1.75. The Morgan fingerprint density at radius 2 is 2.15 bits per heavy atom. The summed E-state index contributed by atoms with van der Waals surface area (Å²) in [6.45, 7) is 0. The van der Waals surface area contributed by atoms with Crippen molar-refractivity contribution in [2.24, 2.45) is 0 Å². The minimum absolute atomic E-state index is 0.251. The molecule has 2 nitrogen and oxygen atoms in total. The Balaban J connectivity index is 2.07. The molecule has 0 saturated carbocycles. The van der Waals surface area contributed by atoms with Crippen molar-refractivity contribution in [1.82, 2.24) is 0 Å². The van der Waals surface area contributed by atoms with Gasteiger partial charge in [0.25, 0.3) is 0 Å². The molecule has 3 heteroatoms. The van der Waals surface area contributed by atoms with Crippen LogP contribution < -0.4 is 0 Å². The molecule has 0 aromatic carbocycles. The van der Waals surface area contributed by atoms with Crippen LogP contribution in [0, 0.1) is 0 Å². The molecule has 1 atom stereocenters. The monoisotopic (exact) mass is 199 g/mol. The molecule has 1 aliphatic heterocycles. The number of rotatable bonds is 2. The predicted molar refractivity (Wildman–Crippen MR) is 54.8 cm³/mol. The first-order chi connectivity index (χ1) is 6.31. The maximum Gasteiger partial charge on any atom is 0.181 e. The molecule has 0 amide bonds. The number of ketones is 1. The Morgan fingerprint density at radius 1 is 1.46 bits per heavy atom. The van der Waals surface area contributed by atoms with Crippen molar-refractivity contribution in [3.05, 3.63) is 11.8 Å². The molecule has 1 saturated heterocycles. The van der Waals surface area contributed by atoms with Gasteiger partial charge < -0.3 is 4.74 Å². The van der Waals surface area contributed by atoms with E-state index >= 15 is 0 Å². The second-order valence-corrected chi connectivity index (χ2v) is 6.02. The molecule has 0 bridgehead atoms. The normalized spacial score (nSPS) is 29.5. The molecule has 72 valence electrons. The Hall–Kier alpha value is -0.440. The lowest BCUT2D eigenvalue weighted by molar-refractivity contribution is -0.113. The lowest BCUT2D eigenvalue weighted by Crippen LogP contribution is -2.24. The van der Waals surface area contributed by atoms with E-state index in [9.17, 15) is 4.79 Å². The zero-order chi connectivity index (χ0) is 9.26. The maximum absolute atomic E-state index is 11.2. The molecular formula is C10H15O2S+. The van der Waals surface area contributed by atoms with Crippen LogP contribution in [-0.4, -0.2) is 29.6 Å². The fourth-order valence-corrected chi connectivity index (χ4v) is 4.84. The van der Waals surface area contributed by atoms with Gasteiger partial charge in [-0.15, -0.1) is 0 Å². The van der Waals surface area contributed by atoms with Gasteiger partial charge in [0.2, 0.25) is 0 Å². The summed E-state index contributed by atoms with van der Waals surface area (Å²) in [4.78, 5) is 11.2. The third-order valence-electron chi connectivity index (χ3n) is 2.71. The minimum atomic E-state index is 0.251. The van der Waals surface area contributed by atoms with E-state index in [0.29, 0.717) is 22.6 Å². The van der Waals surface area contributed by atoms with Gasteiger partial charge >= 0.3 is 0 Å². The van der Waals surface area contributed by atoms with Crippen molar-refractivity contribution in [2.45, 2.75) is 24.5 Å². The van der Waals surface area contributed by atoms with Crippen LogP contribution >= 0.6 is 0 Å². The number of hydrogen-bond acceptors (Lipinski definition) is 2. The van der Waals surface area contributed by atoms with Crippen LogP contribution in [0.25, 0.3) is 0 Å². The van der Waals surface area contributed by atoms with Crippen LogP contribution in [0.4, 0.5) is 0 Å². The van der Waals surface area contributed by atoms with E-state index in [4.69, 9.17) is 4.74 Å². The number of methoxy groups -OCH3 is 1. The molecule has 0 N–H and O–H groups in total. The van der Waals surface area contributed by atoms with Crippen molar-refractivity contribution in [3.8, 4) is 0 Å². The van der Waals surface area contributed by atoms with Crippen molar-refractivity contribution >= 4 is 16.7 Å². The average molecular weight is 199 g/mol.